The topological polar surface area (TPSA) is 104 Å². The van der Waals surface area contributed by atoms with Crippen LogP contribution in [0.2, 0.25) is 0 Å². The molecule has 0 bridgehead atoms. The number of nitrogens with zero attached hydrogens (tertiary/aromatic N) is 3. The summed E-state index contributed by atoms with van der Waals surface area (Å²) in [5.74, 6) is 0.372. The van der Waals surface area contributed by atoms with Gasteiger partial charge in [0.25, 0.3) is 11.8 Å². The molecule has 1 fully saturated rings. The molecule has 30 heavy (non-hydrogen) atoms. The van der Waals surface area contributed by atoms with Gasteiger partial charge in [0, 0.05) is 6.42 Å². The molecule has 0 spiro atoms. The molecule has 3 heterocycles. The minimum Gasteiger partial charge on any atom is -0.497 e. The van der Waals surface area contributed by atoms with E-state index in [-0.39, 0.29) is 0 Å². The molecule has 1 aromatic carbocycles. The summed E-state index contributed by atoms with van der Waals surface area (Å²) in [6.07, 6.45) is 1.97. The Hall–Kier alpha value is -3.62. The van der Waals surface area contributed by atoms with Gasteiger partial charge in [0.1, 0.15) is 29.6 Å². The Morgan fingerprint density at radius 3 is 2.57 bits per heavy atom. The molecule has 0 radical (unpaired) electrons. The third-order valence-electron chi connectivity index (χ3n) is 5.20. The lowest BCUT2D eigenvalue weighted by Crippen LogP contribution is -2.43. The fourth-order valence-corrected chi connectivity index (χ4v) is 3.57. The van der Waals surface area contributed by atoms with Crippen molar-refractivity contribution in [2.75, 3.05) is 13.7 Å². The van der Waals surface area contributed by atoms with Gasteiger partial charge in [-0.2, -0.15) is 5.10 Å². The Balaban J connectivity index is 1.60. The van der Waals surface area contributed by atoms with E-state index in [0.717, 1.165) is 10.5 Å². The van der Waals surface area contributed by atoms with Gasteiger partial charge in [-0.15, -0.1) is 0 Å². The number of furan rings is 1. The number of benzene rings is 1. The summed E-state index contributed by atoms with van der Waals surface area (Å²) >= 11 is 0. The molecule has 2 aromatic rings. The quantitative estimate of drug-likeness (QED) is 0.762. The maximum Gasteiger partial charge on any atom is 0.325 e. The first-order valence-electron chi connectivity index (χ1n) is 9.51. The SMILES string of the molecule is COc1ccc(C2=NN(C(=O)CN3C(=O)NC(C)(C)C3=O)[C@H](c3ccco3)C2)cc1. The van der Waals surface area contributed by atoms with Crippen LogP contribution < -0.4 is 10.1 Å². The Labute approximate surface area is 173 Å². The highest BCUT2D eigenvalue weighted by molar-refractivity contribution is 6.09. The van der Waals surface area contributed by atoms with E-state index in [1.807, 2.05) is 24.3 Å². The lowest BCUT2D eigenvalue weighted by atomic mass is 10.0. The third-order valence-corrected chi connectivity index (χ3v) is 5.20. The molecule has 1 aromatic heterocycles. The van der Waals surface area contributed by atoms with Crippen LogP contribution in [0.5, 0.6) is 5.75 Å². The number of carbonyl (C=O) groups excluding carboxylic acids is 3. The Morgan fingerprint density at radius 2 is 2.00 bits per heavy atom. The number of methoxy groups -OCH3 is 1. The summed E-state index contributed by atoms with van der Waals surface area (Å²) in [5.41, 5.74) is 0.504. The van der Waals surface area contributed by atoms with Gasteiger partial charge >= 0.3 is 6.03 Å². The number of carbonyl (C=O) groups is 3. The molecule has 0 saturated carbocycles. The molecule has 0 unspecified atom stereocenters. The van der Waals surface area contributed by atoms with E-state index >= 15 is 0 Å². The van der Waals surface area contributed by atoms with E-state index in [1.165, 1.54) is 11.3 Å². The van der Waals surface area contributed by atoms with Gasteiger partial charge < -0.3 is 14.5 Å². The zero-order valence-corrected chi connectivity index (χ0v) is 16.9. The van der Waals surface area contributed by atoms with E-state index in [0.29, 0.717) is 23.6 Å². The first-order chi connectivity index (χ1) is 14.3. The second-order valence-electron chi connectivity index (χ2n) is 7.70. The number of hydrogen-bond donors (Lipinski definition) is 1. The molecule has 9 nitrogen and oxygen atoms in total. The van der Waals surface area contributed by atoms with Crippen LogP contribution in [0.25, 0.3) is 0 Å². The summed E-state index contributed by atoms with van der Waals surface area (Å²) in [7, 11) is 1.59. The molecule has 1 atom stereocenters. The fraction of sp³-hybridized carbons (Fsp3) is 0.333. The number of hydrogen-bond acceptors (Lipinski definition) is 6. The van der Waals surface area contributed by atoms with Gasteiger partial charge in [-0.25, -0.2) is 9.80 Å². The number of hydrazone groups is 1. The normalized spacial score (nSPS) is 20.4. The van der Waals surface area contributed by atoms with Gasteiger partial charge in [-0.05, 0) is 55.8 Å². The minimum absolute atomic E-state index is 0.398. The van der Waals surface area contributed by atoms with Crippen molar-refractivity contribution in [3.05, 3.63) is 54.0 Å². The summed E-state index contributed by atoms with van der Waals surface area (Å²) in [6.45, 7) is 2.79. The molecule has 1 N–H and O–H groups in total. The number of imide groups is 1. The van der Waals surface area contributed by atoms with Gasteiger partial charge in [0.15, 0.2) is 0 Å². The van der Waals surface area contributed by atoms with Gasteiger partial charge in [-0.1, -0.05) is 0 Å². The second kappa shape index (κ2) is 7.33. The monoisotopic (exact) mass is 410 g/mol. The van der Waals surface area contributed by atoms with Crippen LogP contribution in [0.4, 0.5) is 4.79 Å². The number of amides is 4. The molecule has 9 heteroatoms. The zero-order chi connectivity index (χ0) is 21.5. The van der Waals surface area contributed by atoms with Gasteiger partial charge in [0.2, 0.25) is 0 Å². The van der Waals surface area contributed by atoms with Crippen LogP contribution in [0.1, 0.15) is 37.6 Å². The van der Waals surface area contributed by atoms with Crippen molar-refractivity contribution in [3.8, 4) is 5.75 Å². The highest BCUT2D eigenvalue weighted by Gasteiger charge is 2.46. The largest absolute Gasteiger partial charge is 0.497 e. The molecule has 4 amide bonds. The van der Waals surface area contributed by atoms with Crippen molar-refractivity contribution in [3.63, 3.8) is 0 Å². The maximum absolute atomic E-state index is 13.1. The second-order valence-corrected chi connectivity index (χ2v) is 7.70. The van der Waals surface area contributed by atoms with E-state index in [9.17, 15) is 14.4 Å². The Morgan fingerprint density at radius 1 is 1.27 bits per heavy atom. The molecule has 0 aliphatic carbocycles. The first kappa shape index (κ1) is 19.7. The highest BCUT2D eigenvalue weighted by atomic mass is 16.5. The van der Waals surface area contributed by atoms with Gasteiger partial charge in [-0.3, -0.25) is 14.5 Å². The van der Waals surface area contributed by atoms with Crippen LogP contribution in [-0.2, 0) is 9.59 Å². The summed E-state index contributed by atoms with van der Waals surface area (Å²) in [5, 5.41) is 8.38. The average molecular weight is 410 g/mol. The predicted molar refractivity (Wildman–Crippen MR) is 107 cm³/mol. The Kier molecular flexibility index (Phi) is 4.81. The molecule has 1 saturated heterocycles. The summed E-state index contributed by atoms with van der Waals surface area (Å²) < 4.78 is 10.7. The molecular weight excluding hydrogens is 388 g/mol. The standard InChI is InChI=1S/C21H22N4O5/c1-21(2)19(27)24(20(28)22-21)12-18(26)25-16(17-5-4-10-30-17)11-15(23-25)13-6-8-14(29-3)9-7-13/h4-10,16H,11-12H2,1-3H3,(H,22,28)/t16-/m0/s1. The molecule has 2 aliphatic rings. The molecular formula is C21H22N4O5. The molecule has 156 valence electrons. The Bertz CT molecular complexity index is 1010. The predicted octanol–water partition coefficient (Wildman–Crippen LogP) is 2.30. The van der Waals surface area contributed by atoms with Crippen molar-refractivity contribution in [1.29, 1.82) is 0 Å². The van der Waals surface area contributed by atoms with Crippen molar-refractivity contribution >= 4 is 23.6 Å². The smallest absolute Gasteiger partial charge is 0.325 e. The number of ether oxygens (including phenoxy) is 1. The minimum atomic E-state index is -1.04. The fourth-order valence-electron chi connectivity index (χ4n) is 3.57. The third kappa shape index (κ3) is 3.42. The van der Waals surface area contributed by atoms with E-state index in [4.69, 9.17) is 9.15 Å². The number of rotatable bonds is 5. The van der Waals surface area contributed by atoms with E-state index < -0.39 is 36.0 Å². The van der Waals surface area contributed by atoms with Crippen LogP contribution >= 0.6 is 0 Å². The average Bonchev–Trinajstić information content (AvgIpc) is 3.43. The van der Waals surface area contributed by atoms with Crippen molar-refractivity contribution < 1.29 is 23.5 Å². The summed E-state index contributed by atoms with van der Waals surface area (Å²) in [4.78, 5) is 38.6. The molecule has 2 aliphatic heterocycles. The lowest BCUT2D eigenvalue weighted by molar-refractivity contribution is -0.139. The van der Waals surface area contributed by atoms with Crippen LogP contribution in [0.3, 0.4) is 0 Å². The lowest BCUT2D eigenvalue weighted by Gasteiger charge is -2.22. The van der Waals surface area contributed by atoms with Crippen LogP contribution in [-0.4, -0.2) is 52.7 Å². The summed E-state index contributed by atoms with van der Waals surface area (Å²) in [6, 6.07) is 9.83. The first-order valence-corrected chi connectivity index (χ1v) is 9.51. The highest BCUT2D eigenvalue weighted by Crippen LogP contribution is 2.33. The van der Waals surface area contributed by atoms with Crippen molar-refractivity contribution in [2.24, 2.45) is 5.10 Å². The molecule has 4 rings (SSSR count). The maximum atomic E-state index is 13.1. The van der Waals surface area contributed by atoms with Gasteiger partial charge in [0.05, 0.1) is 19.1 Å². The van der Waals surface area contributed by atoms with Crippen LogP contribution in [0.15, 0.2) is 52.2 Å². The van der Waals surface area contributed by atoms with Crippen LogP contribution in [0, 0.1) is 0 Å². The number of urea groups is 1. The number of nitrogens with one attached hydrogen (secondary N) is 1. The van der Waals surface area contributed by atoms with E-state index in [1.54, 1.807) is 33.1 Å². The van der Waals surface area contributed by atoms with Crippen molar-refractivity contribution in [2.45, 2.75) is 31.8 Å². The zero-order valence-electron chi connectivity index (χ0n) is 16.9. The van der Waals surface area contributed by atoms with Crippen molar-refractivity contribution in [1.82, 2.24) is 15.2 Å². The van der Waals surface area contributed by atoms with E-state index in [2.05, 4.69) is 10.4 Å².